The van der Waals surface area contributed by atoms with Gasteiger partial charge in [0.2, 0.25) is 12.3 Å². The Hall–Kier alpha value is -3.09. The first-order valence-corrected chi connectivity index (χ1v) is 12.2. The van der Waals surface area contributed by atoms with Crippen molar-refractivity contribution < 1.29 is 14.6 Å². The predicted octanol–water partition coefficient (Wildman–Crippen LogP) is 4.04. The second kappa shape index (κ2) is 11.4. The molecule has 34 heavy (non-hydrogen) atoms. The third-order valence-electron chi connectivity index (χ3n) is 5.97. The van der Waals surface area contributed by atoms with Crippen LogP contribution in [-0.4, -0.2) is 40.5 Å². The van der Waals surface area contributed by atoms with E-state index in [1.807, 2.05) is 60.4 Å². The number of aromatic nitrogens is 1. The van der Waals surface area contributed by atoms with E-state index in [0.29, 0.717) is 49.5 Å². The fraction of sp³-hybridized carbons (Fsp3) is 0.346. The molecule has 0 aliphatic carbocycles. The van der Waals surface area contributed by atoms with Gasteiger partial charge in [-0.15, -0.1) is 11.3 Å². The molecule has 0 spiro atoms. The average molecular weight is 477 g/mol. The number of fused-ring (bicyclic) bond motifs is 1. The number of benzene rings is 1. The third-order valence-corrected chi connectivity index (χ3v) is 7.11. The van der Waals surface area contributed by atoms with Gasteiger partial charge in [0.15, 0.2) is 0 Å². The molecule has 1 amide bonds. The van der Waals surface area contributed by atoms with Crippen molar-refractivity contribution in [3.05, 3.63) is 82.0 Å². The summed E-state index contributed by atoms with van der Waals surface area (Å²) in [5, 5.41) is 23.8. The normalized spacial score (nSPS) is 15.2. The van der Waals surface area contributed by atoms with E-state index >= 15 is 0 Å². The molecule has 4 rings (SSSR count). The van der Waals surface area contributed by atoms with Gasteiger partial charge in [-0.1, -0.05) is 43.3 Å². The second-order valence-corrected chi connectivity index (χ2v) is 9.48. The molecule has 176 valence electrons. The Morgan fingerprint density at radius 3 is 2.82 bits per heavy atom. The Morgan fingerprint density at radius 2 is 2.09 bits per heavy atom. The molecule has 3 aromatic rings. The summed E-state index contributed by atoms with van der Waals surface area (Å²) in [5.41, 5.74) is 3.51. The first kappa shape index (κ1) is 24.0. The lowest BCUT2D eigenvalue weighted by Crippen LogP contribution is -2.40. The summed E-state index contributed by atoms with van der Waals surface area (Å²) < 4.78 is 5.63. The van der Waals surface area contributed by atoms with Crippen LogP contribution in [0.15, 0.2) is 54.7 Å². The van der Waals surface area contributed by atoms with Crippen LogP contribution in [0.25, 0.3) is 0 Å². The number of hydrogen-bond donors (Lipinski definition) is 2. The molecule has 0 radical (unpaired) electrons. The number of carbonyl (C=O) groups excluding carboxylic acids is 1. The van der Waals surface area contributed by atoms with Gasteiger partial charge in [0, 0.05) is 42.7 Å². The highest BCUT2D eigenvalue weighted by Gasteiger charge is 2.28. The number of anilines is 1. The van der Waals surface area contributed by atoms with Gasteiger partial charge in [0.25, 0.3) is 0 Å². The lowest BCUT2D eigenvalue weighted by atomic mass is 9.97. The van der Waals surface area contributed by atoms with Crippen LogP contribution in [0.3, 0.4) is 0 Å². The number of nitriles is 1. The van der Waals surface area contributed by atoms with Crippen molar-refractivity contribution in [3.8, 4) is 6.07 Å². The van der Waals surface area contributed by atoms with Crippen molar-refractivity contribution >= 4 is 22.2 Å². The minimum absolute atomic E-state index is 0.0789. The van der Waals surface area contributed by atoms with Crippen LogP contribution in [-0.2, 0) is 28.9 Å². The maximum atomic E-state index is 12.7. The van der Waals surface area contributed by atoms with E-state index in [1.54, 1.807) is 6.20 Å². The number of nitrogens with one attached hydrogen (secondary N) is 1. The SMILES string of the molecule is CC(CC(=O)Nc1sc2c(c1C#N)CCN(C(O)OCCc1ccccn1)C2)c1ccccc1. The Kier molecular flexibility index (Phi) is 8.03. The Labute approximate surface area is 203 Å². The van der Waals surface area contributed by atoms with Crippen molar-refractivity contribution in [1.82, 2.24) is 9.88 Å². The van der Waals surface area contributed by atoms with Crippen LogP contribution >= 0.6 is 11.3 Å². The molecule has 2 aromatic heterocycles. The van der Waals surface area contributed by atoms with Crippen LogP contribution in [0.5, 0.6) is 0 Å². The number of hydrogen-bond acceptors (Lipinski definition) is 7. The van der Waals surface area contributed by atoms with Gasteiger partial charge in [-0.2, -0.15) is 5.26 Å². The van der Waals surface area contributed by atoms with Gasteiger partial charge >= 0.3 is 0 Å². The maximum Gasteiger partial charge on any atom is 0.225 e. The van der Waals surface area contributed by atoms with Crippen LogP contribution < -0.4 is 5.32 Å². The Morgan fingerprint density at radius 1 is 1.29 bits per heavy atom. The molecule has 0 saturated carbocycles. The van der Waals surface area contributed by atoms with E-state index in [1.165, 1.54) is 11.3 Å². The first-order chi connectivity index (χ1) is 16.5. The summed E-state index contributed by atoms with van der Waals surface area (Å²) in [5.74, 6) is -0.0311. The summed E-state index contributed by atoms with van der Waals surface area (Å²) in [4.78, 5) is 19.8. The van der Waals surface area contributed by atoms with E-state index in [9.17, 15) is 15.2 Å². The minimum Gasteiger partial charge on any atom is -0.356 e. The third kappa shape index (κ3) is 5.88. The van der Waals surface area contributed by atoms with Gasteiger partial charge in [-0.25, -0.2) is 4.90 Å². The summed E-state index contributed by atoms with van der Waals surface area (Å²) in [6.07, 6.45) is 2.28. The number of amides is 1. The number of ether oxygens (including phenoxy) is 1. The molecule has 1 aliphatic heterocycles. The molecule has 2 atom stereocenters. The number of nitrogens with zero attached hydrogens (tertiary/aromatic N) is 3. The zero-order valence-electron chi connectivity index (χ0n) is 19.1. The van der Waals surface area contributed by atoms with Crippen molar-refractivity contribution in [2.45, 2.75) is 45.1 Å². The van der Waals surface area contributed by atoms with E-state index in [4.69, 9.17) is 4.74 Å². The number of rotatable bonds is 9. The molecule has 0 bridgehead atoms. The second-order valence-electron chi connectivity index (χ2n) is 8.37. The number of pyridine rings is 1. The number of carbonyl (C=O) groups is 1. The van der Waals surface area contributed by atoms with Gasteiger partial charge in [-0.3, -0.25) is 9.78 Å². The highest BCUT2D eigenvalue weighted by atomic mass is 32.1. The van der Waals surface area contributed by atoms with Crippen LogP contribution in [0, 0.1) is 11.3 Å². The van der Waals surface area contributed by atoms with E-state index in [2.05, 4.69) is 16.4 Å². The molecule has 1 aliphatic rings. The van der Waals surface area contributed by atoms with Crippen molar-refractivity contribution in [3.63, 3.8) is 0 Å². The summed E-state index contributed by atoms with van der Waals surface area (Å²) >= 11 is 1.41. The van der Waals surface area contributed by atoms with Crippen molar-refractivity contribution in [2.75, 3.05) is 18.5 Å². The average Bonchev–Trinajstić information content (AvgIpc) is 3.20. The topological polar surface area (TPSA) is 98.5 Å². The van der Waals surface area contributed by atoms with E-state index in [-0.39, 0.29) is 11.8 Å². The molecule has 0 saturated heterocycles. The zero-order chi connectivity index (χ0) is 23.9. The van der Waals surface area contributed by atoms with Crippen molar-refractivity contribution in [2.24, 2.45) is 0 Å². The van der Waals surface area contributed by atoms with E-state index < -0.39 is 6.41 Å². The Balaban J connectivity index is 1.35. The zero-order valence-corrected chi connectivity index (χ0v) is 19.9. The molecule has 2 N–H and O–H groups in total. The van der Waals surface area contributed by atoms with Gasteiger partial charge in [-0.05, 0) is 35.6 Å². The predicted molar refractivity (Wildman–Crippen MR) is 131 cm³/mol. The molecule has 0 fully saturated rings. The van der Waals surface area contributed by atoms with Crippen LogP contribution in [0.2, 0.25) is 0 Å². The van der Waals surface area contributed by atoms with E-state index in [0.717, 1.165) is 21.7 Å². The first-order valence-electron chi connectivity index (χ1n) is 11.4. The molecule has 8 heteroatoms. The Bertz CT molecular complexity index is 1140. The maximum absolute atomic E-state index is 12.7. The molecule has 2 unspecified atom stereocenters. The van der Waals surface area contributed by atoms with Crippen LogP contribution in [0.1, 0.15) is 46.5 Å². The molecule has 7 nitrogen and oxygen atoms in total. The summed E-state index contributed by atoms with van der Waals surface area (Å²) in [6, 6.07) is 17.9. The highest BCUT2D eigenvalue weighted by molar-refractivity contribution is 7.16. The van der Waals surface area contributed by atoms with Gasteiger partial charge in [0.1, 0.15) is 11.1 Å². The molecular formula is C26H28N4O3S. The highest BCUT2D eigenvalue weighted by Crippen LogP contribution is 2.37. The largest absolute Gasteiger partial charge is 0.356 e. The smallest absolute Gasteiger partial charge is 0.225 e. The molecular weight excluding hydrogens is 448 g/mol. The fourth-order valence-electron chi connectivity index (χ4n) is 4.09. The lowest BCUT2D eigenvalue weighted by molar-refractivity contribution is -0.197. The summed E-state index contributed by atoms with van der Waals surface area (Å²) in [6.45, 7) is 3.42. The molecule has 1 aromatic carbocycles. The van der Waals surface area contributed by atoms with Crippen LogP contribution in [0.4, 0.5) is 5.00 Å². The van der Waals surface area contributed by atoms with Gasteiger partial charge < -0.3 is 15.2 Å². The minimum atomic E-state index is -1.03. The lowest BCUT2D eigenvalue weighted by Gasteiger charge is -2.30. The quantitative estimate of drug-likeness (QED) is 0.452. The number of aliphatic hydroxyl groups is 1. The monoisotopic (exact) mass is 476 g/mol. The summed E-state index contributed by atoms with van der Waals surface area (Å²) in [7, 11) is 0. The van der Waals surface area contributed by atoms with Gasteiger partial charge in [0.05, 0.1) is 12.2 Å². The van der Waals surface area contributed by atoms with Crippen molar-refractivity contribution in [1.29, 1.82) is 5.26 Å². The fourth-order valence-corrected chi connectivity index (χ4v) is 5.33. The standard InChI is InChI=1S/C26H28N4O3S/c1-18(19-7-3-2-4-8-19)15-24(31)29-25-22(16-27)21-10-13-30(17-23(21)34-25)26(32)33-14-11-20-9-5-6-12-28-20/h2-9,12,18,26,32H,10-11,13-15,17H2,1H3,(H,29,31). The molecule has 3 heterocycles. The number of thiophene rings is 1. The number of aliphatic hydroxyl groups excluding tert-OH is 1.